The molecule has 10 heteroatoms. The van der Waals surface area contributed by atoms with Gasteiger partial charge in [0.25, 0.3) is 0 Å². The van der Waals surface area contributed by atoms with Crippen molar-refractivity contribution in [1.29, 1.82) is 0 Å². The molecule has 36 heavy (non-hydrogen) atoms. The van der Waals surface area contributed by atoms with Crippen molar-refractivity contribution in [2.75, 3.05) is 65.7 Å². The molecule has 0 aliphatic carbocycles. The Morgan fingerprint density at radius 1 is 1.22 bits per heavy atom. The maximum atomic E-state index is 14.1. The second-order valence-corrected chi connectivity index (χ2v) is 10.3. The van der Waals surface area contributed by atoms with E-state index in [1.54, 1.807) is 17.1 Å². The molecule has 0 radical (unpaired) electrons. The van der Waals surface area contributed by atoms with Crippen LogP contribution in [0.3, 0.4) is 0 Å². The largest absolute Gasteiger partial charge is 0.465 e. The predicted octanol–water partition coefficient (Wildman–Crippen LogP) is 0.210. The number of aliphatic hydroxyl groups is 1. The highest BCUT2D eigenvalue weighted by Gasteiger charge is 2.78. The van der Waals surface area contributed by atoms with Gasteiger partial charge in [0.15, 0.2) is 0 Å². The van der Waals surface area contributed by atoms with Crippen LogP contribution in [0.15, 0.2) is 25.3 Å². The molecule has 0 saturated carbocycles. The monoisotopic (exact) mass is 505 g/mol. The molecular formula is C26H39N3O7. The number of β-amino-alcohol motifs (C(OH)–C–C–N with tert-alkyl or cyclic N) is 1. The summed E-state index contributed by atoms with van der Waals surface area (Å²) in [4.78, 5) is 46.4. The molecule has 0 aromatic rings. The van der Waals surface area contributed by atoms with Crippen molar-refractivity contribution in [3.05, 3.63) is 25.3 Å². The number of likely N-dealkylation sites (tertiary alicyclic amines) is 1. The summed E-state index contributed by atoms with van der Waals surface area (Å²) in [5, 5.41) is 9.76. The Hall–Kier alpha value is -2.27. The van der Waals surface area contributed by atoms with Gasteiger partial charge in [-0.1, -0.05) is 12.2 Å². The van der Waals surface area contributed by atoms with Gasteiger partial charge in [-0.25, -0.2) is 0 Å². The smallest absolute Gasteiger partial charge is 0.312 e. The van der Waals surface area contributed by atoms with Crippen molar-refractivity contribution in [3.8, 4) is 0 Å². The number of carbonyl (C=O) groups is 3. The molecule has 2 unspecified atom stereocenters. The number of ether oxygens (including phenoxy) is 3. The van der Waals surface area contributed by atoms with Gasteiger partial charge in [0.05, 0.1) is 37.9 Å². The minimum absolute atomic E-state index is 0.00279. The first-order chi connectivity index (χ1) is 17.3. The topological polar surface area (TPSA) is 109 Å². The van der Waals surface area contributed by atoms with E-state index in [1.165, 1.54) is 4.90 Å². The SMILES string of the molecule is C=CCCOC(=O)[C@@H]1[C@H]2C(=O)N(CCO)C(C(=O)N(CC=C)CCN3CCOCC3)C23CC[C@@]1(C)O3. The van der Waals surface area contributed by atoms with Gasteiger partial charge >= 0.3 is 5.97 Å². The van der Waals surface area contributed by atoms with Gasteiger partial charge in [-0.3, -0.25) is 19.3 Å². The van der Waals surface area contributed by atoms with E-state index < -0.39 is 35.0 Å². The number of amides is 2. The standard InChI is InChI=1S/C26H39N3O7/c1-4-6-16-35-24(33)20-19-22(31)29(12-15-30)21(26(19)8-7-25(20,3)36-26)23(32)28(9-5-2)11-10-27-13-17-34-18-14-27/h4-5,19-21,30H,1-2,6-18H2,3H3/t19-,20-,21?,25+,26?/m0/s1. The minimum Gasteiger partial charge on any atom is -0.465 e. The fraction of sp³-hybridized carbons (Fsp3) is 0.731. The number of hydrogen-bond donors (Lipinski definition) is 1. The summed E-state index contributed by atoms with van der Waals surface area (Å²) in [5.74, 6) is -2.67. The number of fused-ring (bicyclic) bond motifs is 1. The summed E-state index contributed by atoms with van der Waals surface area (Å²) in [5.41, 5.74) is -2.01. The maximum Gasteiger partial charge on any atom is 0.312 e. The van der Waals surface area contributed by atoms with Crippen LogP contribution in [0.4, 0.5) is 0 Å². The molecule has 1 N–H and O–H groups in total. The summed E-state index contributed by atoms with van der Waals surface area (Å²) in [7, 11) is 0. The van der Waals surface area contributed by atoms with Crippen molar-refractivity contribution in [2.24, 2.45) is 11.8 Å². The Bertz CT molecular complexity index is 876. The van der Waals surface area contributed by atoms with E-state index >= 15 is 0 Å². The quantitative estimate of drug-likeness (QED) is 0.228. The molecule has 200 valence electrons. The van der Waals surface area contributed by atoms with E-state index in [1.807, 2.05) is 6.92 Å². The lowest BCUT2D eigenvalue weighted by Gasteiger charge is -2.37. The zero-order chi connectivity index (χ0) is 25.9. The van der Waals surface area contributed by atoms with Crippen LogP contribution in [0.1, 0.15) is 26.2 Å². The zero-order valence-electron chi connectivity index (χ0n) is 21.2. The van der Waals surface area contributed by atoms with E-state index in [9.17, 15) is 19.5 Å². The summed E-state index contributed by atoms with van der Waals surface area (Å²) in [6.07, 6.45) is 4.88. The van der Waals surface area contributed by atoms with E-state index in [0.29, 0.717) is 52.1 Å². The highest BCUT2D eigenvalue weighted by atomic mass is 16.6. The summed E-state index contributed by atoms with van der Waals surface area (Å²) < 4.78 is 17.5. The van der Waals surface area contributed by atoms with Crippen molar-refractivity contribution in [3.63, 3.8) is 0 Å². The van der Waals surface area contributed by atoms with Crippen molar-refractivity contribution in [1.82, 2.24) is 14.7 Å². The van der Waals surface area contributed by atoms with Crippen LogP contribution in [-0.4, -0.2) is 121 Å². The predicted molar refractivity (Wildman–Crippen MR) is 131 cm³/mol. The van der Waals surface area contributed by atoms with Crippen LogP contribution in [0.2, 0.25) is 0 Å². The minimum atomic E-state index is -1.13. The van der Waals surface area contributed by atoms with Crippen molar-refractivity contribution in [2.45, 2.75) is 43.4 Å². The Morgan fingerprint density at radius 2 is 1.97 bits per heavy atom. The van der Waals surface area contributed by atoms with Gasteiger partial charge in [0.1, 0.15) is 17.6 Å². The lowest BCUT2D eigenvalue weighted by Crippen LogP contribution is -2.57. The molecule has 2 bridgehead atoms. The molecule has 4 rings (SSSR count). The molecule has 0 aromatic carbocycles. The van der Waals surface area contributed by atoms with Crippen LogP contribution in [-0.2, 0) is 28.6 Å². The maximum absolute atomic E-state index is 14.1. The van der Waals surface area contributed by atoms with Crippen LogP contribution in [0.5, 0.6) is 0 Å². The average molecular weight is 506 g/mol. The molecule has 4 saturated heterocycles. The molecular weight excluding hydrogens is 466 g/mol. The first-order valence-corrected chi connectivity index (χ1v) is 12.9. The number of rotatable bonds is 12. The van der Waals surface area contributed by atoms with Crippen molar-refractivity contribution >= 4 is 17.8 Å². The van der Waals surface area contributed by atoms with Crippen LogP contribution in [0.25, 0.3) is 0 Å². The Balaban J connectivity index is 1.61. The number of nitrogens with zero attached hydrogens (tertiary/aromatic N) is 3. The van der Waals surface area contributed by atoms with Gasteiger partial charge in [-0.05, 0) is 26.2 Å². The second-order valence-electron chi connectivity index (χ2n) is 10.3. The molecule has 4 heterocycles. The number of esters is 1. The van der Waals surface area contributed by atoms with Gasteiger partial charge in [-0.15, -0.1) is 13.2 Å². The van der Waals surface area contributed by atoms with Crippen LogP contribution < -0.4 is 0 Å². The highest BCUT2D eigenvalue weighted by Crippen LogP contribution is 2.63. The molecule has 5 atom stereocenters. The van der Waals surface area contributed by atoms with Crippen molar-refractivity contribution < 1.29 is 33.7 Å². The molecule has 4 fully saturated rings. The zero-order valence-corrected chi connectivity index (χ0v) is 21.2. The highest BCUT2D eigenvalue weighted by molar-refractivity contribution is 5.98. The van der Waals surface area contributed by atoms with Crippen LogP contribution >= 0.6 is 0 Å². The van der Waals surface area contributed by atoms with Crippen LogP contribution in [0, 0.1) is 11.8 Å². The van der Waals surface area contributed by atoms with E-state index in [4.69, 9.17) is 14.2 Å². The third-order valence-electron chi connectivity index (χ3n) is 8.12. The lowest BCUT2D eigenvalue weighted by atomic mass is 9.66. The number of hydrogen-bond acceptors (Lipinski definition) is 8. The Kier molecular flexibility index (Phi) is 8.18. The normalized spacial score (nSPS) is 33.4. The first kappa shape index (κ1) is 26.8. The fourth-order valence-corrected chi connectivity index (χ4v) is 6.45. The Morgan fingerprint density at radius 3 is 2.64 bits per heavy atom. The third-order valence-corrected chi connectivity index (χ3v) is 8.12. The van der Waals surface area contributed by atoms with Gasteiger partial charge in [0.2, 0.25) is 11.8 Å². The third kappa shape index (κ3) is 4.60. The average Bonchev–Trinajstić information content (AvgIpc) is 3.43. The van der Waals surface area contributed by atoms with Gasteiger partial charge in [-0.2, -0.15) is 0 Å². The molecule has 4 aliphatic rings. The first-order valence-electron chi connectivity index (χ1n) is 12.9. The van der Waals surface area contributed by atoms with E-state index in [2.05, 4.69) is 18.1 Å². The summed E-state index contributed by atoms with van der Waals surface area (Å²) in [6.45, 7) is 13.6. The number of morpholine rings is 1. The molecule has 1 spiro atoms. The summed E-state index contributed by atoms with van der Waals surface area (Å²) >= 11 is 0. The number of carbonyl (C=O) groups excluding carboxylic acids is 3. The number of aliphatic hydroxyl groups excluding tert-OH is 1. The summed E-state index contributed by atoms with van der Waals surface area (Å²) in [6, 6.07) is -0.917. The second kappa shape index (κ2) is 11.0. The Labute approximate surface area is 212 Å². The van der Waals surface area contributed by atoms with Gasteiger partial charge in [0, 0.05) is 39.3 Å². The fourth-order valence-electron chi connectivity index (χ4n) is 6.45. The van der Waals surface area contributed by atoms with E-state index in [0.717, 1.165) is 13.1 Å². The molecule has 0 aromatic heterocycles. The van der Waals surface area contributed by atoms with Gasteiger partial charge < -0.3 is 29.1 Å². The lowest BCUT2D eigenvalue weighted by molar-refractivity contribution is -0.160. The molecule has 4 aliphatic heterocycles. The van der Waals surface area contributed by atoms with E-state index in [-0.39, 0.29) is 31.6 Å². The molecule has 2 amide bonds. The molecule has 10 nitrogen and oxygen atoms in total.